The normalized spacial score (nSPS) is 15.9. The molecule has 35 heavy (non-hydrogen) atoms. The largest absolute Gasteiger partial charge is 0.444 e. The van der Waals surface area contributed by atoms with E-state index in [-0.39, 0.29) is 18.5 Å². The maximum absolute atomic E-state index is 13.6. The smallest absolute Gasteiger partial charge is 0.408 e. The number of aliphatic hydroxyl groups is 1. The second-order valence-electron chi connectivity index (χ2n) is 9.93. The Balaban J connectivity index is 2.36. The van der Waals surface area contributed by atoms with Gasteiger partial charge in [-0.15, -0.1) is 6.42 Å². The Bertz CT molecular complexity index is 895. The van der Waals surface area contributed by atoms with Gasteiger partial charge in [-0.2, -0.15) is 0 Å². The summed E-state index contributed by atoms with van der Waals surface area (Å²) in [7, 11) is 0. The summed E-state index contributed by atoms with van der Waals surface area (Å²) in [6.07, 6.45) is 10.3. The number of hydrogen-bond acceptors (Lipinski definition) is 5. The number of terminal acetylenes is 1. The van der Waals surface area contributed by atoms with Crippen LogP contribution in [0.5, 0.6) is 0 Å². The number of hydrogen-bond donors (Lipinski definition) is 3. The number of carbonyl (C=O) groups is 3. The lowest BCUT2D eigenvalue weighted by Crippen LogP contribution is -2.55. The van der Waals surface area contributed by atoms with Gasteiger partial charge in [0.1, 0.15) is 17.7 Å². The monoisotopic (exact) mass is 485 g/mol. The summed E-state index contributed by atoms with van der Waals surface area (Å²) in [5, 5.41) is 15.5. The van der Waals surface area contributed by atoms with Gasteiger partial charge < -0.3 is 25.4 Å². The van der Waals surface area contributed by atoms with Crippen LogP contribution in [0.2, 0.25) is 0 Å². The quantitative estimate of drug-likeness (QED) is 0.465. The van der Waals surface area contributed by atoms with E-state index in [2.05, 4.69) is 16.6 Å². The van der Waals surface area contributed by atoms with Gasteiger partial charge in [0.05, 0.1) is 6.61 Å². The van der Waals surface area contributed by atoms with E-state index in [1.807, 2.05) is 6.92 Å². The number of nitrogens with one attached hydrogen (secondary N) is 2. The van der Waals surface area contributed by atoms with Crippen LogP contribution >= 0.6 is 0 Å². The highest BCUT2D eigenvalue weighted by Gasteiger charge is 2.36. The molecule has 1 aromatic carbocycles. The second-order valence-corrected chi connectivity index (χ2v) is 9.93. The van der Waals surface area contributed by atoms with Crippen LogP contribution in [-0.2, 0) is 14.3 Å². The third kappa shape index (κ3) is 8.59. The van der Waals surface area contributed by atoms with Crippen molar-refractivity contribution >= 4 is 17.9 Å². The van der Waals surface area contributed by atoms with E-state index in [0.29, 0.717) is 17.5 Å². The lowest BCUT2D eigenvalue weighted by atomic mass is 9.94. The zero-order valence-electron chi connectivity index (χ0n) is 21.3. The lowest BCUT2D eigenvalue weighted by molar-refractivity contribution is -0.143. The molecule has 8 nitrogen and oxygen atoms in total. The molecule has 3 amide bonds. The highest BCUT2D eigenvalue weighted by atomic mass is 16.6. The van der Waals surface area contributed by atoms with Crippen molar-refractivity contribution in [2.75, 3.05) is 13.2 Å². The molecule has 0 heterocycles. The Morgan fingerprint density at radius 3 is 2.31 bits per heavy atom. The van der Waals surface area contributed by atoms with Gasteiger partial charge in [0.25, 0.3) is 0 Å². The standard InChI is InChI=1S/C27H39N3O5/c1-6-17-30(25(33)22(18-31)29-26(34)35-27(3,4)5)23(20-15-13-19(7-2)14-16-20)24(32)28-21-11-9-8-10-12-21/h2,13-16,21-23,31H,6,8-12,17-18H2,1,3-5H3,(H,28,32)(H,29,34). The van der Waals surface area contributed by atoms with Crippen molar-refractivity contribution in [3.63, 3.8) is 0 Å². The number of aliphatic hydroxyl groups excluding tert-OH is 1. The van der Waals surface area contributed by atoms with Gasteiger partial charge in [-0.3, -0.25) is 9.59 Å². The molecule has 2 unspecified atom stereocenters. The minimum absolute atomic E-state index is 0.0517. The van der Waals surface area contributed by atoms with Gasteiger partial charge >= 0.3 is 6.09 Å². The lowest BCUT2D eigenvalue weighted by Gasteiger charge is -2.35. The molecule has 1 aliphatic carbocycles. The zero-order chi connectivity index (χ0) is 26.0. The van der Waals surface area contributed by atoms with Crippen LogP contribution in [0.3, 0.4) is 0 Å². The minimum Gasteiger partial charge on any atom is -0.444 e. The minimum atomic E-state index is -1.26. The fourth-order valence-corrected chi connectivity index (χ4v) is 4.20. The van der Waals surface area contributed by atoms with E-state index in [1.165, 1.54) is 4.90 Å². The zero-order valence-corrected chi connectivity index (χ0v) is 21.3. The summed E-state index contributed by atoms with van der Waals surface area (Å²) in [6, 6.07) is 4.80. The van der Waals surface area contributed by atoms with E-state index < -0.39 is 36.3 Å². The van der Waals surface area contributed by atoms with Crippen molar-refractivity contribution in [1.82, 2.24) is 15.5 Å². The first-order valence-corrected chi connectivity index (χ1v) is 12.4. The first-order valence-electron chi connectivity index (χ1n) is 12.4. The van der Waals surface area contributed by atoms with Crippen molar-refractivity contribution in [3.8, 4) is 12.3 Å². The molecule has 1 aromatic rings. The molecule has 0 bridgehead atoms. The van der Waals surface area contributed by atoms with Crippen molar-refractivity contribution in [2.24, 2.45) is 0 Å². The van der Waals surface area contributed by atoms with E-state index in [4.69, 9.17) is 11.2 Å². The Morgan fingerprint density at radius 1 is 1.17 bits per heavy atom. The Kier molecular flexibility index (Phi) is 10.6. The molecule has 0 aromatic heterocycles. The average Bonchev–Trinajstić information content (AvgIpc) is 2.81. The van der Waals surface area contributed by atoms with Crippen LogP contribution in [0, 0.1) is 12.3 Å². The Labute approximate surface area is 208 Å². The molecule has 0 aliphatic heterocycles. The molecule has 0 spiro atoms. The van der Waals surface area contributed by atoms with Crippen molar-refractivity contribution in [3.05, 3.63) is 35.4 Å². The van der Waals surface area contributed by atoms with Crippen LogP contribution in [0.1, 0.15) is 83.4 Å². The average molecular weight is 486 g/mol. The van der Waals surface area contributed by atoms with Crippen molar-refractivity contribution in [2.45, 2.75) is 89.9 Å². The van der Waals surface area contributed by atoms with E-state index >= 15 is 0 Å². The fraction of sp³-hybridized carbons (Fsp3) is 0.593. The van der Waals surface area contributed by atoms with Crippen LogP contribution in [-0.4, -0.2) is 58.8 Å². The predicted molar refractivity (Wildman–Crippen MR) is 134 cm³/mol. The van der Waals surface area contributed by atoms with E-state index in [9.17, 15) is 19.5 Å². The first kappa shape index (κ1) is 28.2. The summed E-state index contributed by atoms with van der Waals surface area (Å²) < 4.78 is 5.25. The van der Waals surface area contributed by atoms with Crippen molar-refractivity contribution < 1.29 is 24.2 Å². The second kappa shape index (κ2) is 13.1. The summed E-state index contributed by atoms with van der Waals surface area (Å²) >= 11 is 0. The van der Waals surface area contributed by atoms with Gasteiger partial charge in [0.2, 0.25) is 11.8 Å². The fourth-order valence-electron chi connectivity index (χ4n) is 4.20. The molecule has 1 aliphatic rings. The molecule has 0 saturated heterocycles. The summed E-state index contributed by atoms with van der Waals surface area (Å²) in [6.45, 7) is 6.63. The van der Waals surface area contributed by atoms with Crippen LogP contribution in [0.25, 0.3) is 0 Å². The third-order valence-corrected chi connectivity index (χ3v) is 5.82. The number of ether oxygens (including phenoxy) is 1. The van der Waals surface area contributed by atoms with E-state index in [1.54, 1.807) is 45.0 Å². The number of amides is 3. The molecule has 0 radical (unpaired) electrons. The van der Waals surface area contributed by atoms with Crippen LogP contribution in [0.4, 0.5) is 4.79 Å². The summed E-state index contributed by atoms with van der Waals surface area (Å²) in [5.41, 5.74) is 0.499. The van der Waals surface area contributed by atoms with Gasteiger partial charge in [-0.1, -0.05) is 44.2 Å². The first-order chi connectivity index (χ1) is 16.6. The third-order valence-electron chi connectivity index (χ3n) is 5.82. The highest BCUT2D eigenvalue weighted by Crippen LogP contribution is 2.25. The summed E-state index contributed by atoms with van der Waals surface area (Å²) in [4.78, 5) is 40.9. The van der Waals surface area contributed by atoms with Crippen LogP contribution in [0.15, 0.2) is 24.3 Å². The Hall–Kier alpha value is -3.05. The summed E-state index contributed by atoms with van der Waals surface area (Å²) in [5.74, 6) is 1.70. The number of nitrogens with zero attached hydrogens (tertiary/aromatic N) is 1. The molecule has 2 rings (SSSR count). The van der Waals surface area contributed by atoms with Gasteiger partial charge in [0, 0.05) is 18.2 Å². The maximum Gasteiger partial charge on any atom is 0.408 e. The molecule has 3 N–H and O–H groups in total. The topological polar surface area (TPSA) is 108 Å². The molecule has 2 atom stereocenters. The maximum atomic E-state index is 13.6. The van der Waals surface area contributed by atoms with Gasteiger partial charge in [0.15, 0.2) is 0 Å². The molecular formula is C27H39N3O5. The van der Waals surface area contributed by atoms with Crippen LogP contribution < -0.4 is 10.6 Å². The number of alkyl carbamates (subject to hydrolysis) is 1. The molecule has 8 heteroatoms. The SMILES string of the molecule is C#Cc1ccc(C(C(=O)NC2CCCCC2)N(CCC)C(=O)C(CO)NC(=O)OC(C)(C)C)cc1. The number of carbonyl (C=O) groups excluding carboxylic acids is 3. The Morgan fingerprint density at radius 2 is 1.80 bits per heavy atom. The number of benzene rings is 1. The van der Waals surface area contributed by atoms with E-state index in [0.717, 1.165) is 32.1 Å². The highest BCUT2D eigenvalue weighted by molar-refractivity contribution is 5.92. The molecular weight excluding hydrogens is 446 g/mol. The molecule has 192 valence electrons. The molecule has 1 fully saturated rings. The van der Waals surface area contributed by atoms with Crippen molar-refractivity contribution in [1.29, 1.82) is 0 Å². The predicted octanol–water partition coefficient (Wildman–Crippen LogP) is 3.28. The molecule has 1 saturated carbocycles. The van der Waals surface area contributed by atoms with Gasteiger partial charge in [-0.25, -0.2) is 4.79 Å². The van der Waals surface area contributed by atoms with Gasteiger partial charge in [-0.05, 0) is 57.7 Å². The number of rotatable bonds is 9.